The van der Waals surface area contributed by atoms with Gasteiger partial charge in [0.05, 0.1) is 12.5 Å². The molecule has 170 valence electrons. The molecule has 11 heteroatoms. The number of nitrogens with two attached hydrogens (primary N) is 1. The average Bonchev–Trinajstić information content (AvgIpc) is 3.43. The van der Waals surface area contributed by atoms with Crippen molar-refractivity contribution in [1.82, 2.24) is 9.55 Å². The maximum Gasteiger partial charge on any atom is 0.389 e. The fourth-order valence-corrected chi connectivity index (χ4v) is 4.69. The number of hydrogen-bond acceptors (Lipinski definition) is 5. The highest BCUT2D eigenvalue weighted by molar-refractivity contribution is 5.93. The minimum Gasteiger partial charge on any atom is -0.492 e. The van der Waals surface area contributed by atoms with Crippen molar-refractivity contribution in [3.8, 4) is 5.75 Å². The molecular formula is C20H24F4N4O3. The number of benzene rings is 1. The molecule has 0 radical (unpaired) electrons. The largest absolute Gasteiger partial charge is 0.492 e. The molecule has 1 saturated carbocycles. The lowest BCUT2D eigenvalue weighted by molar-refractivity contribution is -0.145. The molecule has 1 saturated heterocycles. The second kappa shape index (κ2) is 7.54. The zero-order valence-corrected chi connectivity index (χ0v) is 17.2. The molecule has 31 heavy (non-hydrogen) atoms. The maximum atomic E-state index is 15.5. The first-order valence-electron chi connectivity index (χ1n) is 10.1. The normalized spacial score (nSPS) is 21.8. The first-order valence-corrected chi connectivity index (χ1v) is 10.1. The predicted molar refractivity (Wildman–Crippen MR) is 107 cm³/mol. The van der Waals surface area contributed by atoms with E-state index in [2.05, 4.69) is 4.98 Å². The monoisotopic (exact) mass is 444 g/mol. The summed E-state index contributed by atoms with van der Waals surface area (Å²) in [6.45, 7) is 1.50. The minimum atomic E-state index is -4.37. The number of hydrogen-bond donors (Lipinski definition) is 2. The lowest BCUT2D eigenvalue weighted by atomic mass is 9.93. The van der Waals surface area contributed by atoms with Gasteiger partial charge in [-0.2, -0.15) is 13.2 Å². The molecule has 1 aliphatic heterocycles. The lowest BCUT2D eigenvalue weighted by Gasteiger charge is -2.25. The molecule has 2 atom stereocenters. The number of H-pyrrole nitrogens is 1. The van der Waals surface area contributed by atoms with E-state index in [1.165, 1.54) is 23.5 Å². The van der Waals surface area contributed by atoms with E-state index in [-0.39, 0.29) is 53.6 Å². The number of nitrogens with one attached hydrogen (secondary N) is 1. The standard InChI is InChI=1S/C20H24F4N4O3/c1-9-13-15(28(12-3-4-12)19(30)26-18(13)29)17(31-2)16(14(9)21)27-7-10(5-20(22,23)24)11(6-25)8-27/h10-12H,3-8,25H2,1-2H3,(H,26,29,30). The molecule has 0 spiro atoms. The third kappa shape index (κ3) is 3.68. The van der Waals surface area contributed by atoms with Crippen molar-refractivity contribution in [1.29, 1.82) is 0 Å². The number of rotatable bonds is 5. The summed E-state index contributed by atoms with van der Waals surface area (Å²) in [7, 11) is 1.29. The summed E-state index contributed by atoms with van der Waals surface area (Å²) < 4.78 is 61.6. The van der Waals surface area contributed by atoms with E-state index >= 15 is 4.39 Å². The summed E-state index contributed by atoms with van der Waals surface area (Å²) in [6.07, 6.45) is -3.94. The maximum absolute atomic E-state index is 15.5. The highest BCUT2D eigenvalue weighted by atomic mass is 19.4. The molecular weight excluding hydrogens is 420 g/mol. The molecule has 1 aromatic carbocycles. The Kier molecular flexibility index (Phi) is 5.27. The van der Waals surface area contributed by atoms with Gasteiger partial charge in [-0.1, -0.05) is 0 Å². The van der Waals surface area contributed by atoms with E-state index in [9.17, 15) is 22.8 Å². The number of halogens is 4. The van der Waals surface area contributed by atoms with Gasteiger partial charge in [-0.15, -0.1) is 0 Å². The van der Waals surface area contributed by atoms with Crippen molar-refractivity contribution >= 4 is 16.6 Å². The molecule has 2 unspecified atom stereocenters. The van der Waals surface area contributed by atoms with Crippen molar-refractivity contribution in [3.05, 3.63) is 32.2 Å². The number of methoxy groups -OCH3 is 1. The lowest BCUT2D eigenvalue weighted by Crippen LogP contribution is -2.32. The van der Waals surface area contributed by atoms with Gasteiger partial charge in [-0.25, -0.2) is 9.18 Å². The SMILES string of the molecule is COc1c(N2CC(CN)C(CC(F)(F)F)C2)c(F)c(C)c2c(=O)[nH]c(=O)n(C3CC3)c12. The first-order chi connectivity index (χ1) is 14.6. The van der Waals surface area contributed by atoms with Crippen LogP contribution in [0, 0.1) is 24.6 Å². The van der Waals surface area contributed by atoms with Crippen LogP contribution in [0.3, 0.4) is 0 Å². The molecule has 3 N–H and O–H groups in total. The highest BCUT2D eigenvalue weighted by Gasteiger charge is 2.42. The van der Waals surface area contributed by atoms with Crippen LogP contribution in [0.4, 0.5) is 23.2 Å². The van der Waals surface area contributed by atoms with Gasteiger partial charge in [0.1, 0.15) is 11.2 Å². The number of anilines is 1. The number of ether oxygens (including phenoxy) is 1. The highest BCUT2D eigenvalue weighted by Crippen LogP contribution is 2.46. The Labute approximate surface area is 174 Å². The third-order valence-corrected chi connectivity index (χ3v) is 6.29. The van der Waals surface area contributed by atoms with Crippen LogP contribution in [0.1, 0.15) is 30.9 Å². The molecule has 0 bridgehead atoms. The van der Waals surface area contributed by atoms with E-state index in [4.69, 9.17) is 10.5 Å². The molecule has 2 aliphatic rings. The van der Waals surface area contributed by atoms with Crippen LogP contribution >= 0.6 is 0 Å². The summed E-state index contributed by atoms with van der Waals surface area (Å²) in [4.78, 5) is 28.8. The van der Waals surface area contributed by atoms with Crippen LogP contribution in [0.15, 0.2) is 9.59 Å². The van der Waals surface area contributed by atoms with Crippen molar-refractivity contribution in [2.24, 2.45) is 17.6 Å². The van der Waals surface area contributed by atoms with Crippen molar-refractivity contribution in [2.75, 3.05) is 31.6 Å². The van der Waals surface area contributed by atoms with Crippen LogP contribution in [0.5, 0.6) is 5.75 Å². The minimum absolute atomic E-state index is 0.00557. The molecule has 2 heterocycles. The van der Waals surface area contributed by atoms with Gasteiger partial charge < -0.3 is 15.4 Å². The summed E-state index contributed by atoms with van der Waals surface area (Å²) in [5.74, 6) is -2.04. The predicted octanol–water partition coefficient (Wildman–Crippen LogP) is 2.44. The Hall–Kier alpha value is -2.56. The van der Waals surface area contributed by atoms with Crippen LogP contribution in [0.2, 0.25) is 0 Å². The van der Waals surface area contributed by atoms with Gasteiger partial charge in [0, 0.05) is 31.1 Å². The van der Waals surface area contributed by atoms with Crippen molar-refractivity contribution in [2.45, 2.75) is 38.4 Å². The molecule has 1 aliphatic carbocycles. The Morgan fingerprint density at radius 2 is 1.84 bits per heavy atom. The molecule has 0 amide bonds. The number of nitrogens with zero attached hydrogens (tertiary/aromatic N) is 2. The molecule has 2 fully saturated rings. The molecule has 7 nitrogen and oxygen atoms in total. The number of alkyl halides is 3. The Morgan fingerprint density at radius 3 is 2.39 bits per heavy atom. The average molecular weight is 444 g/mol. The number of fused-ring (bicyclic) bond motifs is 1. The van der Waals surface area contributed by atoms with Crippen LogP contribution < -0.4 is 26.6 Å². The van der Waals surface area contributed by atoms with Gasteiger partial charge in [-0.05, 0) is 38.1 Å². The van der Waals surface area contributed by atoms with Crippen molar-refractivity contribution in [3.63, 3.8) is 0 Å². The second-order valence-electron chi connectivity index (χ2n) is 8.39. The van der Waals surface area contributed by atoms with Crippen LogP contribution in [-0.4, -0.2) is 42.5 Å². The topological polar surface area (TPSA) is 93.3 Å². The van der Waals surface area contributed by atoms with E-state index in [1.807, 2.05) is 0 Å². The third-order valence-electron chi connectivity index (χ3n) is 6.29. The van der Waals surface area contributed by atoms with Gasteiger partial charge in [0.25, 0.3) is 5.56 Å². The van der Waals surface area contributed by atoms with E-state index in [0.29, 0.717) is 0 Å². The fourth-order valence-electron chi connectivity index (χ4n) is 4.69. The number of aromatic amines is 1. The summed E-state index contributed by atoms with van der Waals surface area (Å²) in [6, 6.07) is -0.146. The van der Waals surface area contributed by atoms with Crippen LogP contribution in [-0.2, 0) is 0 Å². The van der Waals surface area contributed by atoms with E-state index in [1.54, 1.807) is 0 Å². The summed E-state index contributed by atoms with van der Waals surface area (Å²) >= 11 is 0. The summed E-state index contributed by atoms with van der Waals surface area (Å²) in [5, 5.41) is 0.00557. The van der Waals surface area contributed by atoms with E-state index < -0.39 is 41.5 Å². The van der Waals surface area contributed by atoms with Gasteiger partial charge in [0.2, 0.25) is 0 Å². The zero-order chi connectivity index (χ0) is 22.7. The fraction of sp³-hybridized carbons (Fsp3) is 0.600. The molecule has 1 aromatic heterocycles. The number of aromatic nitrogens is 2. The number of aryl methyl sites for hydroxylation is 1. The quantitative estimate of drug-likeness (QED) is 0.691. The Balaban J connectivity index is 1.93. The Morgan fingerprint density at radius 1 is 1.19 bits per heavy atom. The second-order valence-corrected chi connectivity index (χ2v) is 8.39. The summed E-state index contributed by atoms with van der Waals surface area (Å²) in [5.41, 5.74) is 4.53. The van der Waals surface area contributed by atoms with E-state index in [0.717, 1.165) is 12.8 Å². The smallest absolute Gasteiger partial charge is 0.389 e. The zero-order valence-electron chi connectivity index (χ0n) is 17.2. The van der Waals surface area contributed by atoms with Gasteiger partial charge >= 0.3 is 11.9 Å². The van der Waals surface area contributed by atoms with Gasteiger partial charge in [0.15, 0.2) is 11.6 Å². The van der Waals surface area contributed by atoms with Crippen LogP contribution in [0.25, 0.3) is 10.9 Å². The first kappa shape index (κ1) is 21.7. The Bertz CT molecular complexity index is 1140. The van der Waals surface area contributed by atoms with Crippen molar-refractivity contribution < 1.29 is 22.3 Å². The van der Waals surface area contributed by atoms with Gasteiger partial charge in [-0.3, -0.25) is 14.3 Å². The molecule has 2 aromatic rings. The molecule has 4 rings (SSSR count).